The van der Waals surface area contributed by atoms with Gasteiger partial charge in [0.15, 0.2) is 0 Å². The van der Waals surface area contributed by atoms with E-state index in [2.05, 4.69) is 10.3 Å². The van der Waals surface area contributed by atoms with Crippen LogP contribution in [0.2, 0.25) is 0 Å². The molecule has 19 heavy (non-hydrogen) atoms. The van der Waals surface area contributed by atoms with E-state index >= 15 is 0 Å². The molecule has 7 nitrogen and oxygen atoms in total. The minimum absolute atomic E-state index is 0.0782. The molecule has 96 valence electrons. The van der Waals surface area contributed by atoms with Gasteiger partial charge in [-0.25, -0.2) is 9.59 Å². The van der Waals surface area contributed by atoms with Gasteiger partial charge in [-0.15, -0.1) is 0 Å². The molecule has 1 heterocycles. The van der Waals surface area contributed by atoms with E-state index in [1.807, 2.05) is 0 Å². The van der Waals surface area contributed by atoms with E-state index in [0.29, 0.717) is 10.9 Å². The minimum Gasteiger partial charge on any atom is -0.478 e. The van der Waals surface area contributed by atoms with Gasteiger partial charge in [-0.3, -0.25) is 9.78 Å². The molecule has 2 aromatic rings. The molecule has 0 aliphatic heterocycles. The fraction of sp³-hybridized carbons (Fsp3) is 0. The fourth-order valence-electron chi connectivity index (χ4n) is 1.61. The molecule has 0 spiro atoms. The molecule has 0 atom stereocenters. The van der Waals surface area contributed by atoms with Crippen molar-refractivity contribution < 1.29 is 24.6 Å². The number of carboxylic acid groups (broad SMARTS) is 2. The monoisotopic (exact) mass is 260 g/mol. The van der Waals surface area contributed by atoms with Gasteiger partial charge in [0.05, 0.1) is 11.2 Å². The molecule has 3 N–H and O–H groups in total. The Kier molecular flexibility index (Phi) is 3.11. The van der Waals surface area contributed by atoms with Gasteiger partial charge >= 0.3 is 17.8 Å². The average molecular weight is 260 g/mol. The molecule has 0 aliphatic rings. The largest absolute Gasteiger partial charge is 0.478 e. The zero-order valence-electron chi connectivity index (χ0n) is 9.45. The number of amides is 1. The highest BCUT2D eigenvalue weighted by Crippen LogP contribution is 2.25. The van der Waals surface area contributed by atoms with Crippen LogP contribution >= 0.6 is 0 Å². The van der Waals surface area contributed by atoms with Crippen LogP contribution in [0.25, 0.3) is 10.9 Å². The molecule has 0 saturated carbocycles. The SMILES string of the molecule is O=C(O)C(=O)Nc1c(C(=O)O)cnc2ccccc12. The van der Waals surface area contributed by atoms with Gasteiger partial charge in [0.1, 0.15) is 5.56 Å². The first-order valence-electron chi connectivity index (χ1n) is 5.16. The molecule has 0 radical (unpaired) electrons. The molecule has 0 bridgehead atoms. The van der Waals surface area contributed by atoms with Crippen molar-refractivity contribution in [2.45, 2.75) is 0 Å². The van der Waals surface area contributed by atoms with Crippen molar-refractivity contribution in [2.24, 2.45) is 0 Å². The van der Waals surface area contributed by atoms with Crippen LogP contribution < -0.4 is 5.32 Å². The lowest BCUT2D eigenvalue weighted by Crippen LogP contribution is -2.23. The second kappa shape index (κ2) is 4.73. The molecule has 2 rings (SSSR count). The van der Waals surface area contributed by atoms with Crippen LogP contribution in [0.4, 0.5) is 5.69 Å². The standard InChI is InChI=1S/C12H8N2O5/c15-10(12(18)19)14-9-6-3-1-2-4-8(6)13-5-7(9)11(16)17/h1-5H,(H,16,17)(H,18,19)(H,13,14,15). The smallest absolute Gasteiger partial charge is 0.394 e. The topological polar surface area (TPSA) is 117 Å². The maximum Gasteiger partial charge on any atom is 0.394 e. The Morgan fingerprint density at radius 3 is 2.42 bits per heavy atom. The van der Waals surface area contributed by atoms with Gasteiger partial charge in [-0.2, -0.15) is 0 Å². The van der Waals surface area contributed by atoms with Crippen molar-refractivity contribution in [3.63, 3.8) is 0 Å². The Bertz CT molecular complexity index is 696. The summed E-state index contributed by atoms with van der Waals surface area (Å²) in [6.45, 7) is 0. The number of aliphatic carboxylic acids is 1. The predicted molar refractivity (Wildman–Crippen MR) is 65.0 cm³/mol. The normalized spacial score (nSPS) is 10.1. The molecular weight excluding hydrogens is 252 g/mol. The molecular formula is C12H8N2O5. The lowest BCUT2D eigenvalue weighted by atomic mass is 10.1. The van der Waals surface area contributed by atoms with Crippen LogP contribution in [0, 0.1) is 0 Å². The summed E-state index contributed by atoms with van der Waals surface area (Å²) in [6.07, 6.45) is 1.07. The number of hydrogen-bond acceptors (Lipinski definition) is 4. The Morgan fingerprint density at radius 1 is 1.11 bits per heavy atom. The van der Waals surface area contributed by atoms with Gasteiger partial charge in [-0.1, -0.05) is 18.2 Å². The van der Waals surface area contributed by atoms with Crippen molar-refractivity contribution in [3.8, 4) is 0 Å². The van der Waals surface area contributed by atoms with Crippen LogP contribution in [0.5, 0.6) is 0 Å². The van der Waals surface area contributed by atoms with Crippen molar-refractivity contribution in [1.29, 1.82) is 0 Å². The summed E-state index contributed by atoms with van der Waals surface area (Å²) in [6, 6.07) is 6.49. The van der Waals surface area contributed by atoms with Crippen LogP contribution in [0.1, 0.15) is 10.4 Å². The van der Waals surface area contributed by atoms with Crippen molar-refractivity contribution in [3.05, 3.63) is 36.0 Å². The van der Waals surface area contributed by atoms with Crippen LogP contribution in [0.15, 0.2) is 30.5 Å². The van der Waals surface area contributed by atoms with E-state index in [-0.39, 0.29) is 11.3 Å². The third-order valence-corrected chi connectivity index (χ3v) is 2.44. The Hall–Kier alpha value is -2.96. The second-order valence-corrected chi connectivity index (χ2v) is 3.63. The Balaban J connectivity index is 2.65. The van der Waals surface area contributed by atoms with Gasteiger partial charge in [-0.05, 0) is 6.07 Å². The van der Waals surface area contributed by atoms with Crippen LogP contribution in [-0.2, 0) is 9.59 Å². The number of carbonyl (C=O) groups is 3. The van der Waals surface area contributed by atoms with E-state index in [4.69, 9.17) is 10.2 Å². The zero-order valence-corrected chi connectivity index (χ0v) is 9.45. The number of nitrogens with one attached hydrogen (secondary N) is 1. The summed E-state index contributed by atoms with van der Waals surface area (Å²) in [5, 5.41) is 20.0. The van der Waals surface area contributed by atoms with E-state index in [1.165, 1.54) is 0 Å². The van der Waals surface area contributed by atoms with Gasteiger partial charge in [0.25, 0.3) is 0 Å². The highest BCUT2D eigenvalue weighted by Gasteiger charge is 2.19. The molecule has 0 fully saturated rings. The number of carbonyl (C=O) groups excluding carboxylic acids is 1. The number of anilines is 1. The van der Waals surface area contributed by atoms with Gasteiger partial charge in [0, 0.05) is 11.6 Å². The lowest BCUT2D eigenvalue weighted by molar-refractivity contribution is -0.147. The molecule has 1 aromatic heterocycles. The molecule has 0 aliphatic carbocycles. The molecule has 1 aromatic carbocycles. The summed E-state index contributed by atoms with van der Waals surface area (Å²) in [5.41, 5.74) is 0.104. The van der Waals surface area contributed by atoms with Crippen molar-refractivity contribution in [1.82, 2.24) is 4.98 Å². The zero-order chi connectivity index (χ0) is 14.0. The summed E-state index contributed by atoms with van der Waals surface area (Å²) < 4.78 is 0. The first-order valence-corrected chi connectivity index (χ1v) is 5.16. The van der Waals surface area contributed by atoms with Gasteiger partial charge < -0.3 is 15.5 Å². The van der Waals surface area contributed by atoms with E-state index in [9.17, 15) is 14.4 Å². The van der Waals surface area contributed by atoms with Crippen LogP contribution in [-0.4, -0.2) is 33.0 Å². The highest BCUT2D eigenvalue weighted by molar-refractivity contribution is 6.37. The Morgan fingerprint density at radius 2 is 1.79 bits per heavy atom. The van der Waals surface area contributed by atoms with E-state index in [0.717, 1.165) is 6.20 Å². The number of benzene rings is 1. The number of aromatic carboxylic acids is 1. The van der Waals surface area contributed by atoms with Crippen molar-refractivity contribution in [2.75, 3.05) is 5.32 Å². The molecule has 1 amide bonds. The van der Waals surface area contributed by atoms with E-state index < -0.39 is 17.8 Å². The number of carboxylic acids is 2. The quantitative estimate of drug-likeness (QED) is 0.692. The third kappa shape index (κ3) is 2.34. The molecule has 0 unspecified atom stereocenters. The predicted octanol–water partition coefficient (Wildman–Crippen LogP) is 0.956. The number of nitrogens with zero attached hydrogens (tertiary/aromatic N) is 1. The minimum atomic E-state index is -1.70. The first kappa shape index (κ1) is 12.5. The number of aromatic nitrogens is 1. The Labute approximate surface area is 106 Å². The number of hydrogen-bond donors (Lipinski definition) is 3. The summed E-state index contributed by atoms with van der Waals surface area (Å²) in [7, 11) is 0. The number of pyridine rings is 1. The summed E-state index contributed by atoms with van der Waals surface area (Å²) in [5.74, 6) is -4.31. The number of fused-ring (bicyclic) bond motifs is 1. The molecule has 0 saturated heterocycles. The van der Waals surface area contributed by atoms with Crippen LogP contribution in [0.3, 0.4) is 0 Å². The number of rotatable bonds is 2. The second-order valence-electron chi connectivity index (χ2n) is 3.63. The highest BCUT2D eigenvalue weighted by atomic mass is 16.4. The number of para-hydroxylation sites is 1. The third-order valence-electron chi connectivity index (χ3n) is 2.44. The first-order chi connectivity index (χ1) is 9.00. The molecule has 7 heteroatoms. The fourth-order valence-corrected chi connectivity index (χ4v) is 1.61. The maximum absolute atomic E-state index is 11.2. The van der Waals surface area contributed by atoms with Gasteiger partial charge in [0.2, 0.25) is 0 Å². The lowest BCUT2D eigenvalue weighted by Gasteiger charge is -2.09. The summed E-state index contributed by atoms with van der Waals surface area (Å²) >= 11 is 0. The maximum atomic E-state index is 11.2. The van der Waals surface area contributed by atoms with Crippen molar-refractivity contribution >= 4 is 34.4 Å². The van der Waals surface area contributed by atoms with E-state index in [1.54, 1.807) is 24.3 Å². The average Bonchev–Trinajstić information content (AvgIpc) is 2.38. The summed E-state index contributed by atoms with van der Waals surface area (Å²) in [4.78, 5) is 36.8.